The number of hydrogen-bond acceptors (Lipinski definition) is 6. The van der Waals surface area contributed by atoms with Crippen LogP contribution in [0.5, 0.6) is 0 Å². The van der Waals surface area contributed by atoms with E-state index in [0.717, 1.165) is 15.4 Å². The van der Waals surface area contributed by atoms with Crippen LogP contribution in [0, 0.1) is 13.8 Å². The molecular weight excluding hydrogens is 302 g/mol. The van der Waals surface area contributed by atoms with E-state index in [-0.39, 0.29) is 13.1 Å². The number of thiophene rings is 1. The van der Waals surface area contributed by atoms with Crippen LogP contribution in [0.4, 0.5) is 0 Å². The Kier molecular flexibility index (Phi) is 4.36. The summed E-state index contributed by atoms with van der Waals surface area (Å²) in [4.78, 5) is 6.19. The lowest BCUT2D eigenvalue weighted by Crippen LogP contribution is -2.24. The van der Waals surface area contributed by atoms with Gasteiger partial charge in [0.05, 0.1) is 6.54 Å². The summed E-state index contributed by atoms with van der Waals surface area (Å²) in [6.45, 7) is 4.15. The molecule has 0 aliphatic carbocycles. The highest BCUT2D eigenvalue weighted by molar-refractivity contribution is 7.89. The van der Waals surface area contributed by atoms with Gasteiger partial charge in [-0.15, -0.1) is 22.7 Å². The summed E-state index contributed by atoms with van der Waals surface area (Å²) in [6.07, 6.45) is 1.73. The molecule has 0 unspecified atom stereocenters. The van der Waals surface area contributed by atoms with Crippen molar-refractivity contribution in [1.29, 1.82) is 0 Å². The first-order valence-electron chi connectivity index (χ1n) is 5.62. The fourth-order valence-corrected chi connectivity index (χ4v) is 5.21. The van der Waals surface area contributed by atoms with Crippen LogP contribution in [0.15, 0.2) is 16.5 Å². The summed E-state index contributed by atoms with van der Waals surface area (Å²) in [5.74, 6) is 0. The first-order chi connectivity index (χ1) is 8.94. The SMILES string of the molecule is Cc1cnc(CNS(=O)(=O)c2c(C)csc2CN)s1. The highest BCUT2D eigenvalue weighted by Crippen LogP contribution is 2.26. The summed E-state index contributed by atoms with van der Waals surface area (Å²) in [6, 6.07) is 0. The van der Waals surface area contributed by atoms with Crippen LogP contribution in [-0.2, 0) is 23.1 Å². The smallest absolute Gasteiger partial charge is 0.242 e. The lowest BCUT2D eigenvalue weighted by atomic mass is 10.3. The number of nitrogens with zero attached hydrogens (tertiary/aromatic N) is 1. The predicted octanol–water partition coefficient (Wildman–Crippen LogP) is 1.76. The third kappa shape index (κ3) is 3.21. The maximum absolute atomic E-state index is 12.3. The van der Waals surface area contributed by atoms with E-state index < -0.39 is 10.0 Å². The van der Waals surface area contributed by atoms with Crippen molar-refractivity contribution < 1.29 is 8.42 Å². The zero-order valence-corrected chi connectivity index (χ0v) is 13.1. The number of thiazole rings is 1. The molecule has 0 atom stereocenters. The largest absolute Gasteiger partial charge is 0.326 e. The molecule has 2 aromatic heterocycles. The summed E-state index contributed by atoms with van der Waals surface area (Å²) in [7, 11) is -3.53. The number of aromatic nitrogens is 1. The van der Waals surface area contributed by atoms with Crippen LogP contribution in [0.3, 0.4) is 0 Å². The van der Waals surface area contributed by atoms with E-state index in [9.17, 15) is 8.42 Å². The van der Waals surface area contributed by atoms with Gasteiger partial charge >= 0.3 is 0 Å². The van der Waals surface area contributed by atoms with Crippen molar-refractivity contribution in [2.24, 2.45) is 5.73 Å². The predicted molar refractivity (Wildman–Crippen MR) is 77.8 cm³/mol. The third-order valence-corrected chi connectivity index (χ3v) is 6.32. The fourth-order valence-electron chi connectivity index (χ4n) is 1.70. The minimum absolute atomic E-state index is 0.208. The molecule has 2 heterocycles. The Labute approximate surface area is 120 Å². The topological polar surface area (TPSA) is 85.1 Å². The van der Waals surface area contributed by atoms with E-state index in [2.05, 4.69) is 9.71 Å². The third-order valence-electron chi connectivity index (χ3n) is 2.53. The summed E-state index contributed by atoms with van der Waals surface area (Å²) >= 11 is 2.85. The van der Waals surface area contributed by atoms with Gasteiger partial charge in [0.1, 0.15) is 9.90 Å². The zero-order chi connectivity index (χ0) is 14.0. The van der Waals surface area contributed by atoms with Gasteiger partial charge in [-0.3, -0.25) is 0 Å². The molecule has 8 heteroatoms. The molecule has 104 valence electrons. The van der Waals surface area contributed by atoms with Crippen LogP contribution in [0.2, 0.25) is 0 Å². The number of hydrogen-bond donors (Lipinski definition) is 2. The fraction of sp³-hybridized carbons (Fsp3) is 0.364. The number of nitrogens with one attached hydrogen (secondary N) is 1. The maximum atomic E-state index is 12.3. The van der Waals surface area contributed by atoms with E-state index in [1.807, 2.05) is 12.3 Å². The van der Waals surface area contributed by atoms with Gasteiger partial charge < -0.3 is 5.73 Å². The van der Waals surface area contributed by atoms with Crippen molar-refractivity contribution in [1.82, 2.24) is 9.71 Å². The molecule has 0 aliphatic rings. The van der Waals surface area contributed by atoms with Gasteiger partial charge in [-0.05, 0) is 24.8 Å². The molecule has 5 nitrogen and oxygen atoms in total. The van der Waals surface area contributed by atoms with Gasteiger partial charge in [-0.1, -0.05) is 0 Å². The van der Waals surface area contributed by atoms with Crippen LogP contribution >= 0.6 is 22.7 Å². The highest BCUT2D eigenvalue weighted by atomic mass is 32.2. The molecule has 0 amide bonds. The van der Waals surface area contributed by atoms with E-state index in [4.69, 9.17) is 5.73 Å². The van der Waals surface area contributed by atoms with Crippen molar-refractivity contribution in [2.75, 3.05) is 0 Å². The number of rotatable bonds is 5. The maximum Gasteiger partial charge on any atom is 0.242 e. The molecule has 0 aliphatic heterocycles. The standard InChI is InChI=1S/C11H15N3O2S3/c1-7-6-17-9(3-12)11(7)19(15,16)14-5-10-13-4-8(2)18-10/h4,6,14H,3,5,12H2,1-2H3. The Balaban J connectivity index is 2.20. The first kappa shape index (κ1) is 14.6. The lowest BCUT2D eigenvalue weighted by molar-refractivity contribution is 0.580. The van der Waals surface area contributed by atoms with Crippen molar-refractivity contribution in [3.05, 3.63) is 31.9 Å². The summed E-state index contributed by atoms with van der Waals surface area (Å²) in [5, 5.41) is 2.56. The molecule has 0 bridgehead atoms. The van der Waals surface area contributed by atoms with Gasteiger partial charge in [0.2, 0.25) is 10.0 Å². The quantitative estimate of drug-likeness (QED) is 0.880. The summed E-state index contributed by atoms with van der Waals surface area (Å²) in [5.41, 5.74) is 6.31. The Hall–Kier alpha value is -0.800. The van der Waals surface area contributed by atoms with E-state index in [0.29, 0.717) is 9.77 Å². The normalized spacial score (nSPS) is 11.9. The van der Waals surface area contributed by atoms with Gasteiger partial charge in [0.15, 0.2) is 0 Å². The monoisotopic (exact) mass is 317 g/mol. The molecule has 0 saturated heterocycles. The molecular formula is C11H15N3O2S3. The lowest BCUT2D eigenvalue weighted by Gasteiger charge is -2.07. The second kappa shape index (κ2) is 5.68. The number of sulfonamides is 1. The Morgan fingerprint density at radius 1 is 1.42 bits per heavy atom. The van der Waals surface area contributed by atoms with E-state index >= 15 is 0 Å². The van der Waals surface area contributed by atoms with Gasteiger partial charge in [0, 0.05) is 22.5 Å². The molecule has 0 radical (unpaired) electrons. The summed E-state index contributed by atoms with van der Waals surface area (Å²) < 4.78 is 27.2. The molecule has 19 heavy (non-hydrogen) atoms. The van der Waals surface area contributed by atoms with Crippen molar-refractivity contribution in [3.63, 3.8) is 0 Å². The minimum Gasteiger partial charge on any atom is -0.326 e. The van der Waals surface area contributed by atoms with Gasteiger partial charge in [0.25, 0.3) is 0 Å². The second-order valence-electron chi connectivity index (χ2n) is 4.06. The van der Waals surface area contributed by atoms with Crippen LogP contribution in [0.1, 0.15) is 20.3 Å². The average molecular weight is 317 g/mol. The van der Waals surface area contributed by atoms with Crippen LogP contribution in [0.25, 0.3) is 0 Å². The zero-order valence-electron chi connectivity index (χ0n) is 10.6. The Morgan fingerprint density at radius 3 is 2.74 bits per heavy atom. The molecule has 2 aromatic rings. The molecule has 0 fully saturated rings. The Morgan fingerprint density at radius 2 is 2.16 bits per heavy atom. The second-order valence-corrected chi connectivity index (χ2v) is 8.05. The average Bonchev–Trinajstić information content (AvgIpc) is 2.93. The molecule has 0 spiro atoms. The van der Waals surface area contributed by atoms with Crippen LogP contribution in [-0.4, -0.2) is 13.4 Å². The van der Waals surface area contributed by atoms with E-state index in [1.165, 1.54) is 22.7 Å². The Bertz CT molecular complexity index is 673. The van der Waals surface area contributed by atoms with Crippen molar-refractivity contribution in [2.45, 2.75) is 31.8 Å². The molecule has 2 rings (SSSR count). The number of nitrogens with two attached hydrogens (primary N) is 1. The van der Waals surface area contributed by atoms with Gasteiger partial charge in [-0.25, -0.2) is 18.1 Å². The van der Waals surface area contributed by atoms with Gasteiger partial charge in [-0.2, -0.15) is 0 Å². The van der Waals surface area contributed by atoms with Crippen molar-refractivity contribution in [3.8, 4) is 0 Å². The number of aryl methyl sites for hydroxylation is 2. The molecule has 0 aromatic carbocycles. The molecule has 3 N–H and O–H groups in total. The van der Waals surface area contributed by atoms with E-state index in [1.54, 1.807) is 13.1 Å². The molecule has 0 saturated carbocycles. The minimum atomic E-state index is -3.53. The highest BCUT2D eigenvalue weighted by Gasteiger charge is 2.22. The van der Waals surface area contributed by atoms with Crippen LogP contribution < -0.4 is 10.5 Å². The van der Waals surface area contributed by atoms with Crippen molar-refractivity contribution >= 4 is 32.7 Å². The first-order valence-corrected chi connectivity index (χ1v) is 8.80.